The topological polar surface area (TPSA) is 152 Å². The second-order valence-corrected chi connectivity index (χ2v) is 15.6. The van der Waals surface area contributed by atoms with E-state index in [1.165, 1.54) is 6.07 Å². The van der Waals surface area contributed by atoms with Crippen LogP contribution in [0.4, 0.5) is 17.1 Å². The molecule has 6 aromatic carbocycles. The first kappa shape index (κ1) is 35.1. The number of fused-ring (bicyclic) bond motifs is 6. The zero-order chi connectivity index (χ0) is 39.9. The Morgan fingerprint density at radius 2 is 1.22 bits per heavy atom. The van der Waals surface area contributed by atoms with Crippen LogP contribution in [-0.2, 0) is 10.1 Å². The van der Waals surface area contributed by atoms with Gasteiger partial charge in [-0.25, -0.2) is 4.99 Å². The molecule has 3 heterocycles. The lowest BCUT2D eigenvalue weighted by molar-refractivity contribution is 0.483. The maximum atomic E-state index is 13.8. The highest BCUT2D eigenvalue weighted by atomic mass is 32.2. The Hall–Kier alpha value is -7.34. The van der Waals surface area contributed by atoms with E-state index in [4.69, 9.17) is 18.2 Å². The lowest BCUT2D eigenvalue weighted by Gasteiger charge is -2.18. The van der Waals surface area contributed by atoms with Gasteiger partial charge in [-0.3, -0.25) is 14.1 Å². The Morgan fingerprint density at radius 3 is 1.95 bits per heavy atom. The van der Waals surface area contributed by atoms with Gasteiger partial charge in [0, 0.05) is 39.9 Å². The Labute approximate surface area is 329 Å². The molecule has 2 aliphatic rings. The van der Waals surface area contributed by atoms with E-state index < -0.39 is 10.1 Å². The van der Waals surface area contributed by atoms with Gasteiger partial charge in [0.15, 0.2) is 0 Å². The average Bonchev–Trinajstić information content (AvgIpc) is 3.22. The standard InChI is InChI=1S/C47H30N2O8S/c1-25-15-21-34(42-44(50)31-9-3-6-12-36(31)56-46(25)42)48-27-17-19-29-38(23-27)55-39-24-28(18-20-30(39)41(29)33-11-5-8-14-40(33)58(52,53)54)49-35-22-16-26(2)47-43(35)45(51)32-10-4-7-13-37(32)57-47/h3-24,48H,1-2H3,(H,52,53,54). The summed E-state index contributed by atoms with van der Waals surface area (Å²) in [5.41, 5.74) is 6.32. The first-order chi connectivity index (χ1) is 28.0. The predicted octanol–water partition coefficient (Wildman–Crippen LogP) is 10.6. The van der Waals surface area contributed by atoms with Crippen molar-refractivity contribution in [2.24, 2.45) is 4.99 Å². The van der Waals surface area contributed by atoms with Gasteiger partial charge in [-0.2, -0.15) is 8.42 Å². The summed E-state index contributed by atoms with van der Waals surface area (Å²) in [7, 11) is -4.64. The third-order valence-electron chi connectivity index (χ3n) is 10.5. The summed E-state index contributed by atoms with van der Waals surface area (Å²) in [6.07, 6.45) is 0. The summed E-state index contributed by atoms with van der Waals surface area (Å²) < 4.78 is 54.8. The quantitative estimate of drug-likeness (QED) is 0.128. The van der Waals surface area contributed by atoms with Crippen molar-refractivity contribution < 1.29 is 26.2 Å². The molecule has 10 nitrogen and oxygen atoms in total. The molecule has 58 heavy (non-hydrogen) atoms. The maximum absolute atomic E-state index is 13.8. The lowest BCUT2D eigenvalue weighted by Crippen LogP contribution is -2.07. The summed E-state index contributed by atoms with van der Waals surface area (Å²) >= 11 is 0. The SMILES string of the molecule is Cc1ccc(N=c2ccc3c(-c4ccccc4S(=O)(=O)O)c4ccc(Nc5ccc(C)c6oc7ccccc7c(=O)c56)cc4oc-3c2)c2c(=O)c3ccccc3oc12. The zero-order valence-electron chi connectivity index (χ0n) is 30.9. The highest BCUT2D eigenvalue weighted by Gasteiger charge is 2.24. The molecule has 8 aromatic rings. The van der Waals surface area contributed by atoms with Crippen LogP contribution in [0.2, 0.25) is 0 Å². The summed E-state index contributed by atoms with van der Waals surface area (Å²) in [5, 5.41) is 6.05. The van der Waals surface area contributed by atoms with E-state index in [2.05, 4.69) is 5.32 Å². The summed E-state index contributed by atoms with van der Waals surface area (Å²) in [4.78, 5) is 32.3. The van der Waals surface area contributed by atoms with Crippen LogP contribution in [0, 0.1) is 13.8 Å². The van der Waals surface area contributed by atoms with E-state index in [9.17, 15) is 22.6 Å². The molecular formula is C47H30N2O8S. The average molecular weight is 783 g/mol. The fourth-order valence-corrected chi connectivity index (χ4v) is 8.45. The van der Waals surface area contributed by atoms with Gasteiger partial charge < -0.3 is 18.6 Å². The fourth-order valence-electron chi connectivity index (χ4n) is 7.75. The number of para-hydroxylation sites is 2. The smallest absolute Gasteiger partial charge is 0.295 e. The summed E-state index contributed by atoms with van der Waals surface area (Å²) in [5.74, 6) is 0.354. The molecule has 0 saturated heterocycles. The van der Waals surface area contributed by atoms with Crippen LogP contribution >= 0.6 is 0 Å². The van der Waals surface area contributed by atoms with Crippen LogP contribution in [0.15, 0.2) is 166 Å². The third kappa shape index (κ3) is 5.67. The molecule has 0 fully saturated rings. The first-order valence-corrected chi connectivity index (χ1v) is 19.8. The number of benzene rings is 7. The predicted molar refractivity (Wildman–Crippen MR) is 226 cm³/mol. The second-order valence-electron chi connectivity index (χ2n) is 14.2. The Morgan fingerprint density at radius 1 is 0.586 bits per heavy atom. The normalized spacial score (nSPS) is 12.4. The second kappa shape index (κ2) is 13.1. The molecule has 0 radical (unpaired) electrons. The molecule has 0 spiro atoms. The van der Waals surface area contributed by atoms with Gasteiger partial charge in [0.1, 0.15) is 38.6 Å². The molecule has 0 saturated carbocycles. The number of nitrogens with one attached hydrogen (secondary N) is 1. The maximum Gasteiger partial charge on any atom is 0.295 e. The van der Waals surface area contributed by atoms with Gasteiger partial charge in [-0.1, -0.05) is 54.6 Å². The van der Waals surface area contributed by atoms with E-state index >= 15 is 0 Å². The van der Waals surface area contributed by atoms with Gasteiger partial charge in [0.25, 0.3) is 10.1 Å². The monoisotopic (exact) mass is 782 g/mol. The van der Waals surface area contributed by atoms with Gasteiger partial charge >= 0.3 is 0 Å². The van der Waals surface area contributed by atoms with Crippen LogP contribution < -0.4 is 21.5 Å². The van der Waals surface area contributed by atoms with Crippen molar-refractivity contribution in [3.63, 3.8) is 0 Å². The van der Waals surface area contributed by atoms with Gasteiger partial charge in [0.2, 0.25) is 10.9 Å². The molecule has 0 bridgehead atoms. The van der Waals surface area contributed by atoms with Crippen molar-refractivity contribution in [3.05, 3.63) is 170 Å². The van der Waals surface area contributed by atoms with Gasteiger partial charge in [-0.05, 0) is 91.7 Å². The third-order valence-corrected chi connectivity index (χ3v) is 11.4. The largest absolute Gasteiger partial charge is 0.456 e. The van der Waals surface area contributed by atoms with Crippen molar-refractivity contribution in [1.29, 1.82) is 0 Å². The number of aryl methyl sites for hydroxylation is 2. The minimum absolute atomic E-state index is 0.174. The number of anilines is 2. The van der Waals surface area contributed by atoms with E-state index in [1.807, 2.05) is 44.2 Å². The molecule has 0 unspecified atom stereocenters. The van der Waals surface area contributed by atoms with Gasteiger partial charge in [-0.15, -0.1) is 0 Å². The van der Waals surface area contributed by atoms with Crippen LogP contribution in [0.5, 0.6) is 0 Å². The molecule has 0 amide bonds. The van der Waals surface area contributed by atoms with E-state index in [0.29, 0.717) is 94.2 Å². The van der Waals surface area contributed by atoms with Crippen LogP contribution in [0.25, 0.3) is 77.3 Å². The molecule has 1 aliphatic carbocycles. The Balaban J connectivity index is 1.20. The van der Waals surface area contributed by atoms with Crippen molar-refractivity contribution in [2.75, 3.05) is 5.32 Å². The van der Waals surface area contributed by atoms with Crippen molar-refractivity contribution in [2.45, 2.75) is 18.7 Å². The molecule has 282 valence electrons. The Bertz CT molecular complexity index is 3660. The number of rotatable bonds is 5. The van der Waals surface area contributed by atoms with Gasteiger partial charge in [0.05, 0.1) is 38.3 Å². The van der Waals surface area contributed by atoms with Crippen LogP contribution in [-0.4, -0.2) is 13.0 Å². The summed E-state index contributed by atoms with van der Waals surface area (Å²) in [6, 6.07) is 38.3. The zero-order valence-corrected chi connectivity index (χ0v) is 31.7. The minimum atomic E-state index is -4.64. The molecule has 2 aromatic heterocycles. The first-order valence-electron chi connectivity index (χ1n) is 18.3. The molecule has 11 heteroatoms. The van der Waals surface area contributed by atoms with E-state index in [1.54, 1.807) is 97.1 Å². The highest BCUT2D eigenvalue weighted by molar-refractivity contribution is 7.86. The molecule has 0 atom stereocenters. The van der Waals surface area contributed by atoms with E-state index in [-0.39, 0.29) is 21.3 Å². The van der Waals surface area contributed by atoms with E-state index in [0.717, 1.165) is 11.1 Å². The molecular weight excluding hydrogens is 753 g/mol. The fraction of sp³-hybridized carbons (Fsp3) is 0.0426. The van der Waals surface area contributed by atoms with Crippen LogP contribution in [0.1, 0.15) is 11.1 Å². The Kier molecular flexibility index (Phi) is 7.94. The molecule has 1 aliphatic heterocycles. The van der Waals surface area contributed by atoms with Crippen molar-refractivity contribution >= 4 is 82.0 Å². The number of hydrogen-bond donors (Lipinski definition) is 2. The molecule has 2 N–H and O–H groups in total. The molecule has 10 rings (SSSR count). The van der Waals surface area contributed by atoms with Crippen LogP contribution in [0.3, 0.4) is 0 Å². The number of nitrogens with zero attached hydrogens (tertiary/aromatic N) is 1. The summed E-state index contributed by atoms with van der Waals surface area (Å²) in [6.45, 7) is 3.76. The van der Waals surface area contributed by atoms with Crippen molar-refractivity contribution in [3.8, 4) is 22.5 Å². The van der Waals surface area contributed by atoms with Crippen molar-refractivity contribution in [1.82, 2.24) is 0 Å². The minimum Gasteiger partial charge on any atom is -0.456 e. The highest BCUT2D eigenvalue weighted by Crippen LogP contribution is 2.43. The lowest BCUT2D eigenvalue weighted by atomic mass is 9.93. The number of hydrogen-bond acceptors (Lipinski definition) is 9.